The number of benzene rings is 2. The summed E-state index contributed by atoms with van der Waals surface area (Å²) in [5.74, 6) is 0.0573. The first-order valence-electron chi connectivity index (χ1n) is 9.65. The number of rotatable bonds is 9. The fourth-order valence-electron chi connectivity index (χ4n) is 3.34. The van der Waals surface area contributed by atoms with Crippen LogP contribution in [0.15, 0.2) is 60.8 Å². The summed E-state index contributed by atoms with van der Waals surface area (Å²) in [4.78, 5) is 17.4. The van der Waals surface area contributed by atoms with Gasteiger partial charge in [0.1, 0.15) is 0 Å². The Labute approximate surface area is 167 Å². The molecule has 2 aromatic carbocycles. The van der Waals surface area contributed by atoms with E-state index in [4.69, 9.17) is 4.74 Å². The Morgan fingerprint density at radius 1 is 0.964 bits per heavy atom. The number of amides is 1. The molecular weight excluding hydrogens is 350 g/mol. The highest BCUT2D eigenvalue weighted by molar-refractivity contribution is 6.07. The minimum absolute atomic E-state index is 0.0573. The van der Waals surface area contributed by atoms with Crippen LogP contribution in [-0.2, 0) is 11.3 Å². The Morgan fingerprint density at radius 3 is 2.39 bits per heavy atom. The minimum atomic E-state index is 0.0573. The summed E-state index contributed by atoms with van der Waals surface area (Å²) in [6.45, 7) is 3.35. The van der Waals surface area contributed by atoms with Crippen LogP contribution in [0.4, 0.5) is 0 Å². The van der Waals surface area contributed by atoms with Crippen LogP contribution >= 0.6 is 0 Å². The van der Waals surface area contributed by atoms with Crippen LogP contribution in [0.1, 0.15) is 15.9 Å². The van der Waals surface area contributed by atoms with Crippen LogP contribution in [0.5, 0.6) is 0 Å². The SMILES string of the molecule is COCCN(CCN(C)C)C(=O)c1cn(Cc2ccccc2)c2ccccc12. The second-order valence-corrected chi connectivity index (χ2v) is 7.26. The van der Waals surface area contributed by atoms with Crippen LogP contribution < -0.4 is 0 Å². The molecule has 148 valence electrons. The Kier molecular flexibility index (Phi) is 6.85. The van der Waals surface area contributed by atoms with Crippen molar-refractivity contribution >= 4 is 16.8 Å². The molecule has 28 heavy (non-hydrogen) atoms. The number of aromatic nitrogens is 1. The van der Waals surface area contributed by atoms with Gasteiger partial charge in [0.15, 0.2) is 0 Å². The molecular formula is C23H29N3O2. The second-order valence-electron chi connectivity index (χ2n) is 7.26. The maximum absolute atomic E-state index is 13.4. The highest BCUT2D eigenvalue weighted by Crippen LogP contribution is 2.24. The first-order valence-corrected chi connectivity index (χ1v) is 9.65. The molecule has 0 atom stereocenters. The lowest BCUT2D eigenvalue weighted by atomic mass is 10.1. The fourth-order valence-corrected chi connectivity index (χ4v) is 3.34. The van der Waals surface area contributed by atoms with E-state index in [1.54, 1.807) is 7.11 Å². The highest BCUT2D eigenvalue weighted by atomic mass is 16.5. The molecule has 1 heterocycles. The van der Waals surface area contributed by atoms with Gasteiger partial charge in [-0.15, -0.1) is 0 Å². The lowest BCUT2D eigenvalue weighted by Gasteiger charge is -2.24. The number of hydrogen-bond donors (Lipinski definition) is 0. The average molecular weight is 380 g/mol. The molecule has 5 nitrogen and oxygen atoms in total. The summed E-state index contributed by atoms with van der Waals surface area (Å²) < 4.78 is 7.39. The standard InChI is InChI=1S/C23H29N3O2/c1-24(2)13-14-25(15-16-28-3)23(27)21-18-26(17-19-9-5-4-6-10-19)22-12-8-7-11-20(21)22/h4-12,18H,13-17H2,1-3H3. The summed E-state index contributed by atoms with van der Waals surface area (Å²) in [6, 6.07) is 18.4. The molecule has 1 amide bonds. The Bertz CT molecular complexity index is 903. The van der Waals surface area contributed by atoms with Gasteiger partial charge in [-0.3, -0.25) is 4.79 Å². The summed E-state index contributed by atoms with van der Waals surface area (Å²) >= 11 is 0. The van der Waals surface area contributed by atoms with Gasteiger partial charge in [0.05, 0.1) is 12.2 Å². The number of carbonyl (C=O) groups is 1. The quantitative estimate of drug-likeness (QED) is 0.572. The topological polar surface area (TPSA) is 37.7 Å². The number of likely N-dealkylation sites (N-methyl/N-ethyl adjacent to an activating group) is 1. The molecule has 0 unspecified atom stereocenters. The predicted molar refractivity (Wildman–Crippen MR) is 114 cm³/mol. The van der Waals surface area contributed by atoms with Gasteiger partial charge in [-0.05, 0) is 25.7 Å². The van der Waals surface area contributed by atoms with Crippen molar-refractivity contribution in [1.29, 1.82) is 0 Å². The normalized spacial score (nSPS) is 11.3. The zero-order valence-corrected chi connectivity index (χ0v) is 17.0. The second kappa shape index (κ2) is 9.53. The molecule has 0 saturated heterocycles. The number of carbonyl (C=O) groups excluding carboxylic acids is 1. The molecule has 0 saturated carbocycles. The molecule has 3 aromatic rings. The van der Waals surface area contributed by atoms with Crippen molar-refractivity contribution in [3.8, 4) is 0 Å². The maximum atomic E-state index is 13.4. The van der Waals surface area contributed by atoms with Crippen LogP contribution in [-0.4, -0.2) is 67.7 Å². The van der Waals surface area contributed by atoms with Gasteiger partial charge in [0.2, 0.25) is 0 Å². The molecule has 0 N–H and O–H groups in total. The van der Waals surface area contributed by atoms with Crippen molar-refractivity contribution in [2.24, 2.45) is 0 Å². The van der Waals surface area contributed by atoms with E-state index in [-0.39, 0.29) is 5.91 Å². The molecule has 0 aliphatic carbocycles. The van der Waals surface area contributed by atoms with Gasteiger partial charge >= 0.3 is 0 Å². The maximum Gasteiger partial charge on any atom is 0.256 e. The summed E-state index contributed by atoms with van der Waals surface area (Å²) in [5, 5.41) is 0.996. The summed E-state index contributed by atoms with van der Waals surface area (Å²) in [7, 11) is 5.70. The molecule has 0 bridgehead atoms. The first kappa shape index (κ1) is 20.1. The molecule has 3 rings (SSSR count). The zero-order chi connectivity index (χ0) is 19.9. The molecule has 0 aliphatic rings. The van der Waals surface area contributed by atoms with E-state index < -0.39 is 0 Å². The first-order chi connectivity index (χ1) is 13.6. The monoisotopic (exact) mass is 379 g/mol. The molecule has 0 fully saturated rings. The lowest BCUT2D eigenvalue weighted by molar-refractivity contribution is 0.0684. The number of para-hydroxylation sites is 1. The smallest absolute Gasteiger partial charge is 0.256 e. The van der Waals surface area contributed by atoms with Gasteiger partial charge in [-0.1, -0.05) is 48.5 Å². The van der Waals surface area contributed by atoms with Gasteiger partial charge in [-0.2, -0.15) is 0 Å². The number of hydrogen-bond acceptors (Lipinski definition) is 3. The Balaban J connectivity index is 1.93. The van der Waals surface area contributed by atoms with Gasteiger partial charge in [0.25, 0.3) is 5.91 Å². The number of nitrogens with zero attached hydrogens (tertiary/aromatic N) is 3. The van der Waals surface area contributed by atoms with E-state index >= 15 is 0 Å². The van der Waals surface area contributed by atoms with Crippen molar-refractivity contribution < 1.29 is 9.53 Å². The molecule has 1 aromatic heterocycles. The van der Waals surface area contributed by atoms with Crippen LogP contribution in [0, 0.1) is 0 Å². The van der Waals surface area contributed by atoms with Crippen molar-refractivity contribution in [3.05, 3.63) is 71.9 Å². The molecule has 5 heteroatoms. The van der Waals surface area contributed by atoms with E-state index in [1.807, 2.05) is 61.6 Å². The van der Waals surface area contributed by atoms with Crippen molar-refractivity contribution in [2.45, 2.75) is 6.54 Å². The van der Waals surface area contributed by atoms with Crippen LogP contribution in [0.25, 0.3) is 10.9 Å². The van der Waals surface area contributed by atoms with Crippen LogP contribution in [0.2, 0.25) is 0 Å². The van der Waals surface area contributed by atoms with E-state index in [0.717, 1.165) is 29.6 Å². The fraction of sp³-hybridized carbons (Fsp3) is 0.348. The molecule has 0 aliphatic heterocycles. The third-order valence-electron chi connectivity index (χ3n) is 4.88. The Morgan fingerprint density at radius 2 is 1.68 bits per heavy atom. The van der Waals surface area contributed by atoms with Gasteiger partial charge in [0, 0.05) is 50.4 Å². The summed E-state index contributed by atoms with van der Waals surface area (Å²) in [6.07, 6.45) is 2.00. The number of ether oxygens (including phenoxy) is 1. The van der Waals surface area contributed by atoms with Crippen molar-refractivity contribution in [2.75, 3.05) is 47.4 Å². The largest absolute Gasteiger partial charge is 0.383 e. The van der Waals surface area contributed by atoms with Gasteiger partial charge < -0.3 is 19.1 Å². The van der Waals surface area contributed by atoms with E-state index in [2.05, 4.69) is 27.7 Å². The highest BCUT2D eigenvalue weighted by Gasteiger charge is 2.21. The third-order valence-corrected chi connectivity index (χ3v) is 4.88. The molecule has 0 spiro atoms. The zero-order valence-electron chi connectivity index (χ0n) is 17.0. The minimum Gasteiger partial charge on any atom is -0.383 e. The lowest BCUT2D eigenvalue weighted by Crippen LogP contribution is -2.38. The average Bonchev–Trinajstić information content (AvgIpc) is 3.07. The van der Waals surface area contributed by atoms with E-state index in [1.165, 1.54) is 5.56 Å². The van der Waals surface area contributed by atoms with Gasteiger partial charge in [-0.25, -0.2) is 0 Å². The van der Waals surface area contributed by atoms with Crippen molar-refractivity contribution in [3.63, 3.8) is 0 Å². The Hall–Kier alpha value is -2.63. The van der Waals surface area contributed by atoms with Crippen molar-refractivity contribution in [1.82, 2.24) is 14.4 Å². The molecule has 0 radical (unpaired) electrons. The van der Waals surface area contributed by atoms with Crippen LogP contribution in [0.3, 0.4) is 0 Å². The summed E-state index contributed by atoms with van der Waals surface area (Å²) in [5.41, 5.74) is 3.04. The predicted octanol–water partition coefficient (Wildman–Crippen LogP) is 3.34. The van der Waals surface area contributed by atoms with E-state index in [0.29, 0.717) is 19.7 Å². The number of methoxy groups -OCH3 is 1. The van der Waals surface area contributed by atoms with E-state index in [9.17, 15) is 4.79 Å². The number of fused-ring (bicyclic) bond motifs is 1. The third kappa shape index (κ3) is 4.80.